The first-order valence-corrected chi connectivity index (χ1v) is 18.6. The highest BCUT2D eigenvalue weighted by molar-refractivity contribution is 7.90. The third kappa shape index (κ3) is 6.93. The molecule has 0 radical (unpaired) electrons. The quantitative estimate of drug-likeness (QED) is 0.213. The average molecular weight is 705 g/mol. The summed E-state index contributed by atoms with van der Waals surface area (Å²) in [6.07, 6.45) is 0.832. The zero-order valence-electron chi connectivity index (χ0n) is 28.5. The second kappa shape index (κ2) is 14.6. The lowest BCUT2D eigenvalue weighted by Crippen LogP contribution is -2.47. The van der Waals surface area contributed by atoms with Gasteiger partial charge in [0.15, 0.2) is 0 Å². The summed E-state index contributed by atoms with van der Waals surface area (Å²) in [5, 5.41) is 9.78. The van der Waals surface area contributed by atoms with Crippen LogP contribution in [-0.4, -0.2) is 90.5 Å². The van der Waals surface area contributed by atoms with Gasteiger partial charge >= 0.3 is 5.69 Å². The number of carbonyl (C=O) groups is 1. The van der Waals surface area contributed by atoms with Crippen LogP contribution in [0.3, 0.4) is 0 Å². The Balaban J connectivity index is 1.17. The van der Waals surface area contributed by atoms with Crippen molar-refractivity contribution in [2.24, 2.45) is 5.92 Å². The molecule has 3 heterocycles. The van der Waals surface area contributed by atoms with Crippen LogP contribution in [0.5, 0.6) is 5.75 Å². The lowest BCUT2D eigenvalue weighted by Gasteiger charge is -2.36. The smallest absolute Gasteiger partial charge is 0.344 e. The van der Waals surface area contributed by atoms with Gasteiger partial charge in [0, 0.05) is 52.4 Å². The molecule has 1 unspecified atom stereocenters. The summed E-state index contributed by atoms with van der Waals surface area (Å²) in [5.41, 5.74) is 1.47. The van der Waals surface area contributed by atoms with Gasteiger partial charge in [-0.3, -0.25) is 14.3 Å². The molecule has 2 atom stereocenters. The van der Waals surface area contributed by atoms with E-state index in [9.17, 15) is 23.3 Å². The van der Waals surface area contributed by atoms with E-state index in [1.807, 2.05) is 12.1 Å². The van der Waals surface area contributed by atoms with E-state index in [2.05, 4.69) is 40.1 Å². The van der Waals surface area contributed by atoms with Crippen molar-refractivity contribution < 1.29 is 17.9 Å². The number of imidazole rings is 1. The van der Waals surface area contributed by atoms with Gasteiger partial charge < -0.3 is 14.5 Å². The minimum Gasteiger partial charge on any atom is -0.497 e. The molecule has 2 saturated heterocycles. The number of piperazine rings is 1. The van der Waals surface area contributed by atoms with Crippen LogP contribution in [0.2, 0.25) is 0 Å². The Morgan fingerprint density at radius 2 is 1.53 bits per heavy atom. The van der Waals surface area contributed by atoms with Crippen molar-refractivity contribution >= 4 is 27.0 Å². The molecule has 5 aromatic rings. The van der Waals surface area contributed by atoms with Crippen molar-refractivity contribution in [1.29, 1.82) is 5.26 Å². The molecular formula is C39H40N6O5S. The van der Waals surface area contributed by atoms with Crippen LogP contribution in [-0.2, 0) is 21.4 Å². The van der Waals surface area contributed by atoms with Crippen molar-refractivity contribution in [2.45, 2.75) is 23.9 Å². The van der Waals surface area contributed by atoms with E-state index in [1.165, 1.54) is 59.7 Å². The summed E-state index contributed by atoms with van der Waals surface area (Å²) >= 11 is 0. The van der Waals surface area contributed by atoms with Crippen LogP contribution in [0.25, 0.3) is 11.0 Å². The average Bonchev–Trinajstić information content (AvgIpc) is 3.75. The highest BCUT2D eigenvalue weighted by atomic mass is 32.2. The van der Waals surface area contributed by atoms with Crippen LogP contribution in [0, 0.1) is 17.2 Å². The van der Waals surface area contributed by atoms with Crippen LogP contribution in [0.1, 0.15) is 29.2 Å². The lowest BCUT2D eigenvalue weighted by molar-refractivity contribution is -0.132. The molecule has 0 N–H and O–H groups in total. The molecule has 0 bridgehead atoms. The van der Waals surface area contributed by atoms with Gasteiger partial charge in [0.05, 0.1) is 34.7 Å². The Hall–Kier alpha value is -5.22. The summed E-state index contributed by atoms with van der Waals surface area (Å²) in [6.45, 7) is 6.77. The number of benzene rings is 4. The molecule has 0 spiro atoms. The first-order chi connectivity index (χ1) is 24.8. The van der Waals surface area contributed by atoms with E-state index in [-0.39, 0.29) is 33.3 Å². The molecule has 0 aliphatic carbocycles. The van der Waals surface area contributed by atoms with Gasteiger partial charge in [0.1, 0.15) is 11.8 Å². The molecule has 11 nitrogen and oxygen atoms in total. The molecule has 1 amide bonds. The van der Waals surface area contributed by atoms with Crippen molar-refractivity contribution in [1.82, 2.24) is 23.2 Å². The second-order valence-electron chi connectivity index (χ2n) is 13.2. The third-order valence-corrected chi connectivity index (χ3v) is 11.7. The monoisotopic (exact) mass is 704 g/mol. The number of aromatic nitrogens is 2. The van der Waals surface area contributed by atoms with Crippen LogP contribution >= 0.6 is 0 Å². The van der Waals surface area contributed by atoms with E-state index in [1.54, 1.807) is 29.2 Å². The Morgan fingerprint density at radius 3 is 2.20 bits per heavy atom. The van der Waals surface area contributed by atoms with Crippen LogP contribution in [0.15, 0.2) is 113 Å². The zero-order chi connectivity index (χ0) is 35.5. The molecule has 0 saturated carbocycles. The number of rotatable bonds is 10. The molecule has 2 aliphatic rings. The van der Waals surface area contributed by atoms with Gasteiger partial charge in [0.2, 0.25) is 5.91 Å². The summed E-state index contributed by atoms with van der Waals surface area (Å²) in [5.74, 6) is 0.442. The number of nitriles is 1. The SMILES string of the molecule is COc1ccc(S(=O)(=O)n2c(=O)n(C(C(=O)N3CC[C@@H](CN4CCN(Cc5ccccc5)CC4)C3)c3ccccc3)c3cc(C#N)ccc32)cc1. The van der Waals surface area contributed by atoms with Crippen LogP contribution in [0.4, 0.5) is 0 Å². The predicted octanol–water partition coefficient (Wildman–Crippen LogP) is 4.18. The molecule has 1 aromatic heterocycles. The molecule has 12 heteroatoms. The molecule has 51 heavy (non-hydrogen) atoms. The van der Waals surface area contributed by atoms with E-state index >= 15 is 0 Å². The Morgan fingerprint density at radius 1 is 0.863 bits per heavy atom. The van der Waals surface area contributed by atoms with Gasteiger partial charge in [-0.1, -0.05) is 60.7 Å². The number of ether oxygens (including phenoxy) is 1. The largest absolute Gasteiger partial charge is 0.497 e. The molecule has 2 aliphatic heterocycles. The normalized spacial score (nSPS) is 17.7. The van der Waals surface area contributed by atoms with Crippen LogP contribution < -0.4 is 10.4 Å². The standard InChI is InChI=1S/C39H40N6O5S/c1-50-33-13-15-34(16-14-33)51(48,49)45-35-17-12-30(25-40)24-36(35)44(39(45)47)37(32-10-6-3-7-11-32)38(46)43-19-18-31(28-43)27-42-22-20-41(21-23-42)26-29-8-4-2-5-9-29/h2-17,24,31,37H,18-23,26-28H2,1H3/t31-,37?/m0/s1. The highest BCUT2D eigenvalue weighted by Crippen LogP contribution is 2.30. The topological polar surface area (TPSA) is 121 Å². The fraction of sp³-hybridized carbons (Fsp3) is 0.308. The fourth-order valence-corrected chi connectivity index (χ4v) is 8.72. The first-order valence-electron chi connectivity index (χ1n) is 17.2. The minimum atomic E-state index is -4.42. The first kappa shape index (κ1) is 34.2. The number of hydrogen-bond acceptors (Lipinski definition) is 8. The van der Waals surface area contributed by atoms with Gasteiger partial charge in [-0.2, -0.15) is 9.23 Å². The molecule has 4 aromatic carbocycles. The molecule has 7 rings (SSSR count). The fourth-order valence-electron chi connectivity index (χ4n) is 7.33. The van der Waals surface area contributed by atoms with Gasteiger partial charge in [-0.15, -0.1) is 0 Å². The highest BCUT2D eigenvalue weighted by Gasteiger charge is 2.37. The number of fused-ring (bicyclic) bond motifs is 1. The number of likely N-dealkylation sites (tertiary alicyclic amines) is 1. The maximum Gasteiger partial charge on any atom is 0.344 e. The van der Waals surface area contributed by atoms with Gasteiger partial charge in [-0.25, -0.2) is 13.2 Å². The Kier molecular flexibility index (Phi) is 9.77. The Labute approximate surface area is 297 Å². The van der Waals surface area contributed by atoms with Crippen molar-refractivity contribution in [3.05, 3.63) is 130 Å². The van der Waals surface area contributed by atoms with E-state index in [0.29, 0.717) is 24.4 Å². The third-order valence-electron chi connectivity index (χ3n) is 10.00. The second-order valence-corrected chi connectivity index (χ2v) is 15.0. The van der Waals surface area contributed by atoms with Crippen molar-refractivity contribution in [3.8, 4) is 11.8 Å². The number of nitrogens with zero attached hydrogens (tertiary/aromatic N) is 6. The number of carbonyl (C=O) groups excluding carboxylic acids is 1. The summed E-state index contributed by atoms with van der Waals surface area (Å²) in [6, 6.07) is 30.6. The zero-order valence-corrected chi connectivity index (χ0v) is 29.3. The van der Waals surface area contributed by atoms with E-state index in [0.717, 1.165) is 49.7 Å². The number of amides is 1. The number of hydrogen-bond donors (Lipinski definition) is 0. The predicted molar refractivity (Wildman–Crippen MR) is 194 cm³/mol. The van der Waals surface area contributed by atoms with Gasteiger partial charge in [0.25, 0.3) is 10.0 Å². The molecule has 262 valence electrons. The number of methoxy groups -OCH3 is 1. The van der Waals surface area contributed by atoms with E-state index in [4.69, 9.17) is 4.74 Å². The summed E-state index contributed by atoms with van der Waals surface area (Å²) in [4.78, 5) is 35.8. The van der Waals surface area contributed by atoms with Crippen molar-refractivity contribution in [3.63, 3.8) is 0 Å². The lowest BCUT2D eigenvalue weighted by atomic mass is 10.0. The van der Waals surface area contributed by atoms with Crippen molar-refractivity contribution in [2.75, 3.05) is 52.9 Å². The molecular weight excluding hydrogens is 665 g/mol. The Bertz CT molecular complexity index is 2220. The maximum atomic E-state index is 14.7. The van der Waals surface area contributed by atoms with E-state index < -0.39 is 21.8 Å². The summed E-state index contributed by atoms with van der Waals surface area (Å²) in [7, 11) is -2.94. The summed E-state index contributed by atoms with van der Waals surface area (Å²) < 4.78 is 35.4. The maximum absolute atomic E-state index is 14.7. The molecule has 2 fully saturated rings. The van der Waals surface area contributed by atoms with Gasteiger partial charge in [-0.05, 0) is 65.9 Å². The minimum absolute atomic E-state index is 0.0780.